The summed E-state index contributed by atoms with van der Waals surface area (Å²) < 4.78 is 1.37. The summed E-state index contributed by atoms with van der Waals surface area (Å²) in [6.45, 7) is 9.01. The van der Waals surface area contributed by atoms with Crippen molar-refractivity contribution >= 4 is 21.4 Å². The van der Waals surface area contributed by atoms with Crippen molar-refractivity contribution in [3.8, 4) is 12.3 Å². The lowest BCUT2D eigenvalue weighted by molar-refractivity contribution is 0.300. The molecule has 3 heteroatoms. The maximum absolute atomic E-state index is 5.52. The van der Waals surface area contributed by atoms with Gasteiger partial charge in [0.25, 0.3) is 0 Å². The predicted molar refractivity (Wildman–Crippen MR) is 93.6 cm³/mol. The van der Waals surface area contributed by atoms with Gasteiger partial charge in [-0.3, -0.25) is 4.90 Å². The zero-order chi connectivity index (χ0) is 15.1. The van der Waals surface area contributed by atoms with E-state index in [1.807, 2.05) is 11.3 Å². The summed E-state index contributed by atoms with van der Waals surface area (Å²) in [7, 11) is 0. The number of hydrogen-bond acceptors (Lipinski definition) is 3. The van der Waals surface area contributed by atoms with Crippen LogP contribution in [0, 0.1) is 12.3 Å². The molecule has 2 nitrogen and oxygen atoms in total. The first kappa shape index (κ1) is 16.0. The van der Waals surface area contributed by atoms with Gasteiger partial charge in [-0.05, 0) is 36.5 Å². The molecule has 112 valence electrons. The summed E-state index contributed by atoms with van der Waals surface area (Å²) >= 11 is 1.90. The van der Waals surface area contributed by atoms with Gasteiger partial charge in [0.2, 0.25) is 0 Å². The first-order chi connectivity index (χ1) is 10.3. The van der Waals surface area contributed by atoms with E-state index < -0.39 is 0 Å². The minimum absolute atomic E-state index is 0.721. The Bertz CT molecular complexity index is 609. The highest BCUT2D eigenvalue weighted by atomic mass is 32.1. The van der Waals surface area contributed by atoms with Crippen LogP contribution in [0.1, 0.15) is 30.7 Å². The van der Waals surface area contributed by atoms with Gasteiger partial charge in [-0.15, -0.1) is 17.8 Å². The van der Waals surface area contributed by atoms with E-state index in [-0.39, 0.29) is 0 Å². The molecule has 1 N–H and O–H groups in total. The Balaban J connectivity index is 2.32. The first-order valence-electron chi connectivity index (χ1n) is 7.65. The Morgan fingerprint density at radius 2 is 2.10 bits per heavy atom. The normalized spacial score (nSPS) is 11.1. The van der Waals surface area contributed by atoms with Crippen molar-refractivity contribution in [3.05, 3.63) is 34.7 Å². The maximum atomic E-state index is 5.52. The second-order valence-corrected chi connectivity index (χ2v) is 6.33. The van der Waals surface area contributed by atoms with Crippen LogP contribution in [0.2, 0.25) is 0 Å². The van der Waals surface area contributed by atoms with Crippen LogP contribution in [0.25, 0.3) is 10.1 Å². The molecule has 1 heterocycles. The number of nitrogens with one attached hydrogen (secondary N) is 1. The number of hydrogen-bond donors (Lipinski definition) is 1. The van der Waals surface area contributed by atoms with Crippen molar-refractivity contribution in [2.45, 2.75) is 33.4 Å². The monoisotopic (exact) mass is 300 g/mol. The molecule has 2 rings (SSSR count). The van der Waals surface area contributed by atoms with Crippen LogP contribution >= 0.6 is 11.3 Å². The molecule has 0 spiro atoms. The summed E-state index contributed by atoms with van der Waals surface area (Å²) in [6.07, 6.45) is 6.65. The highest BCUT2D eigenvalue weighted by Gasteiger charge is 2.14. The van der Waals surface area contributed by atoms with Gasteiger partial charge in [-0.2, -0.15) is 0 Å². The molecule has 0 bridgehead atoms. The fourth-order valence-corrected chi connectivity index (χ4v) is 3.77. The standard InChI is InChI=1S/C18H24N2S/c1-4-11-20(12-5-2)14-16-15-9-7-8-10-17(15)21-18(16)13-19-6-3/h1,7-10,19H,5-6,11-14H2,2-3H3. The number of rotatable bonds is 8. The maximum Gasteiger partial charge on any atom is 0.0601 e. The molecule has 2 aromatic rings. The van der Waals surface area contributed by atoms with Crippen molar-refractivity contribution in [2.24, 2.45) is 0 Å². The van der Waals surface area contributed by atoms with Crippen molar-refractivity contribution in [2.75, 3.05) is 19.6 Å². The lowest BCUT2D eigenvalue weighted by Crippen LogP contribution is -2.25. The van der Waals surface area contributed by atoms with E-state index in [0.717, 1.165) is 39.1 Å². The fraction of sp³-hybridized carbons (Fsp3) is 0.444. The van der Waals surface area contributed by atoms with Crippen LogP contribution in [0.4, 0.5) is 0 Å². The summed E-state index contributed by atoms with van der Waals surface area (Å²) in [5.74, 6) is 2.79. The van der Waals surface area contributed by atoms with E-state index in [1.54, 1.807) is 0 Å². The minimum Gasteiger partial charge on any atom is -0.312 e. The first-order valence-corrected chi connectivity index (χ1v) is 8.47. The third-order valence-electron chi connectivity index (χ3n) is 3.55. The number of nitrogens with zero attached hydrogens (tertiary/aromatic N) is 1. The second-order valence-electron chi connectivity index (χ2n) is 5.20. The summed E-state index contributed by atoms with van der Waals surface area (Å²) in [6, 6.07) is 8.69. The Morgan fingerprint density at radius 1 is 1.29 bits per heavy atom. The Labute approximate surface area is 132 Å². The van der Waals surface area contributed by atoms with Gasteiger partial charge in [0.15, 0.2) is 0 Å². The molecule has 0 aliphatic rings. The molecule has 21 heavy (non-hydrogen) atoms. The highest BCUT2D eigenvalue weighted by Crippen LogP contribution is 2.32. The number of benzene rings is 1. The van der Waals surface area contributed by atoms with Crippen LogP contribution in [0.15, 0.2) is 24.3 Å². The van der Waals surface area contributed by atoms with E-state index in [1.165, 1.54) is 20.5 Å². The van der Waals surface area contributed by atoms with Gasteiger partial charge in [0, 0.05) is 22.7 Å². The quantitative estimate of drug-likeness (QED) is 0.745. The molecule has 1 aromatic carbocycles. The third-order valence-corrected chi connectivity index (χ3v) is 4.77. The van der Waals surface area contributed by atoms with Gasteiger partial charge in [-0.25, -0.2) is 0 Å². The van der Waals surface area contributed by atoms with Gasteiger partial charge in [0.1, 0.15) is 0 Å². The molecule has 0 aliphatic carbocycles. The van der Waals surface area contributed by atoms with Crippen molar-refractivity contribution in [1.29, 1.82) is 0 Å². The minimum atomic E-state index is 0.721. The molecule has 0 saturated carbocycles. The highest BCUT2D eigenvalue weighted by molar-refractivity contribution is 7.19. The molecule has 1 aromatic heterocycles. The Kier molecular flexibility index (Phi) is 6.25. The van der Waals surface area contributed by atoms with E-state index in [0.29, 0.717) is 0 Å². The lowest BCUT2D eigenvalue weighted by Gasteiger charge is -2.19. The van der Waals surface area contributed by atoms with Crippen molar-refractivity contribution < 1.29 is 0 Å². The van der Waals surface area contributed by atoms with E-state index >= 15 is 0 Å². The molecular formula is C18H24N2S. The van der Waals surface area contributed by atoms with Crippen LogP contribution < -0.4 is 5.32 Å². The number of fused-ring (bicyclic) bond motifs is 1. The lowest BCUT2D eigenvalue weighted by atomic mass is 10.1. The SMILES string of the molecule is C#CCN(CCC)Cc1c(CNCC)sc2ccccc12. The summed E-state index contributed by atoms with van der Waals surface area (Å²) in [5.41, 5.74) is 1.44. The molecular weight excluding hydrogens is 276 g/mol. The van der Waals surface area contributed by atoms with Crippen molar-refractivity contribution in [3.63, 3.8) is 0 Å². The third kappa shape index (κ3) is 4.07. The van der Waals surface area contributed by atoms with Crippen LogP contribution in [-0.4, -0.2) is 24.5 Å². The average Bonchev–Trinajstić information content (AvgIpc) is 2.84. The molecule has 0 saturated heterocycles. The predicted octanol–water partition coefficient (Wildman–Crippen LogP) is 3.86. The average molecular weight is 300 g/mol. The summed E-state index contributed by atoms with van der Waals surface area (Å²) in [5, 5.41) is 4.84. The summed E-state index contributed by atoms with van der Waals surface area (Å²) in [4.78, 5) is 3.81. The van der Waals surface area contributed by atoms with E-state index in [2.05, 4.69) is 54.3 Å². The second kappa shape index (κ2) is 8.19. The van der Waals surface area contributed by atoms with Gasteiger partial charge < -0.3 is 5.32 Å². The van der Waals surface area contributed by atoms with Crippen molar-refractivity contribution in [1.82, 2.24) is 10.2 Å². The molecule has 0 unspecified atom stereocenters. The molecule has 0 aliphatic heterocycles. The topological polar surface area (TPSA) is 15.3 Å². The van der Waals surface area contributed by atoms with Gasteiger partial charge in [-0.1, -0.05) is 38.0 Å². The van der Waals surface area contributed by atoms with Crippen LogP contribution in [0.3, 0.4) is 0 Å². The van der Waals surface area contributed by atoms with Gasteiger partial charge in [0.05, 0.1) is 6.54 Å². The van der Waals surface area contributed by atoms with Crippen LogP contribution in [-0.2, 0) is 13.1 Å². The van der Waals surface area contributed by atoms with E-state index in [4.69, 9.17) is 6.42 Å². The zero-order valence-electron chi connectivity index (χ0n) is 13.0. The number of terminal acetylenes is 1. The van der Waals surface area contributed by atoms with Gasteiger partial charge >= 0.3 is 0 Å². The Morgan fingerprint density at radius 3 is 2.81 bits per heavy atom. The largest absolute Gasteiger partial charge is 0.312 e. The number of thiophene rings is 1. The Hall–Kier alpha value is -1.34. The molecule has 0 fully saturated rings. The fourth-order valence-electron chi connectivity index (χ4n) is 2.59. The smallest absolute Gasteiger partial charge is 0.0601 e. The molecule has 0 amide bonds. The van der Waals surface area contributed by atoms with E-state index in [9.17, 15) is 0 Å². The zero-order valence-corrected chi connectivity index (χ0v) is 13.8. The molecule has 0 radical (unpaired) electrons. The van der Waals surface area contributed by atoms with Crippen LogP contribution in [0.5, 0.6) is 0 Å². The molecule has 0 atom stereocenters.